The van der Waals surface area contributed by atoms with Crippen molar-refractivity contribution in [2.75, 3.05) is 31.1 Å². The number of carbonyl (C=O) groups excluding carboxylic acids is 2. The van der Waals surface area contributed by atoms with Crippen molar-refractivity contribution in [1.82, 2.24) is 4.90 Å². The van der Waals surface area contributed by atoms with Gasteiger partial charge in [0.1, 0.15) is 12.4 Å². The van der Waals surface area contributed by atoms with Gasteiger partial charge < -0.3 is 19.3 Å². The van der Waals surface area contributed by atoms with Crippen molar-refractivity contribution >= 4 is 17.5 Å². The highest BCUT2D eigenvalue weighted by Crippen LogP contribution is 2.32. The number of benzene rings is 2. The van der Waals surface area contributed by atoms with Crippen molar-refractivity contribution in [2.24, 2.45) is 5.92 Å². The molecular weight excluding hydrogens is 375 g/mol. The number of fused-ring (bicyclic) bond motifs is 1. The molecule has 2 aliphatic heterocycles. The highest BCUT2D eigenvalue weighted by Gasteiger charge is 2.38. The maximum absolute atomic E-state index is 14.1. The zero-order chi connectivity index (χ0) is 20.4. The lowest BCUT2D eigenvalue weighted by Gasteiger charge is -2.32. The minimum Gasteiger partial charge on any atom is -0.486 e. The van der Waals surface area contributed by atoms with Crippen molar-refractivity contribution in [3.05, 3.63) is 54.3 Å². The molecule has 7 heteroatoms. The van der Waals surface area contributed by atoms with E-state index in [-0.39, 0.29) is 36.6 Å². The van der Waals surface area contributed by atoms with E-state index < -0.39 is 11.7 Å². The van der Waals surface area contributed by atoms with Crippen LogP contribution in [0.5, 0.6) is 11.5 Å². The summed E-state index contributed by atoms with van der Waals surface area (Å²) in [5, 5.41) is 0. The molecule has 1 fully saturated rings. The van der Waals surface area contributed by atoms with Crippen molar-refractivity contribution in [3.63, 3.8) is 0 Å². The average Bonchev–Trinajstić information content (AvgIpc) is 3.13. The summed E-state index contributed by atoms with van der Waals surface area (Å²) < 4.78 is 25.8. The second-order valence-corrected chi connectivity index (χ2v) is 7.23. The highest BCUT2D eigenvalue weighted by atomic mass is 19.1. The van der Waals surface area contributed by atoms with Crippen LogP contribution in [-0.4, -0.2) is 49.1 Å². The largest absolute Gasteiger partial charge is 0.486 e. The van der Waals surface area contributed by atoms with Crippen LogP contribution in [0, 0.1) is 11.7 Å². The fourth-order valence-corrected chi connectivity index (χ4v) is 3.81. The molecule has 2 aromatic rings. The van der Waals surface area contributed by atoms with Crippen molar-refractivity contribution in [2.45, 2.75) is 19.4 Å². The van der Waals surface area contributed by atoms with Crippen LogP contribution in [0.3, 0.4) is 0 Å². The minimum atomic E-state index is -0.501. The Morgan fingerprint density at radius 3 is 2.66 bits per heavy atom. The molecule has 0 saturated carbocycles. The Kier molecular flexibility index (Phi) is 5.38. The van der Waals surface area contributed by atoms with Crippen molar-refractivity contribution in [1.29, 1.82) is 0 Å². The van der Waals surface area contributed by atoms with Gasteiger partial charge in [0.25, 0.3) is 0 Å². The molecule has 29 heavy (non-hydrogen) atoms. The summed E-state index contributed by atoms with van der Waals surface area (Å²) in [6.07, 6.45) is -0.206. The zero-order valence-corrected chi connectivity index (χ0v) is 16.2. The SMILES string of the molecule is CCN(CC1COc2ccccc2O1)C(=O)C1CC(=O)N(c2ccccc2F)C1. The van der Waals surface area contributed by atoms with Gasteiger partial charge >= 0.3 is 0 Å². The monoisotopic (exact) mass is 398 g/mol. The first-order valence-electron chi connectivity index (χ1n) is 9.79. The second kappa shape index (κ2) is 8.11. The number of nitrogens with zero attached hydrogens (tertiary/aromatic N) is 2. The van der Waals surface area contributed by atoms with E-state index in [0.29, 0.717) is 31.2 Å². The molecular formula is C22H23FN2O4. The predicted octanol–water partition coefficient (Wildman–Crippen LogP) is 2.87. The fourth-order valence-electron chi connectivity index (χ4n) is 3.81. The molecule has 2 heterocycles. The van der Waals surface area contributed by atoms with Gasteiger partial charge in [-0.05, 0) is 31.2 Å². The van der Waals surface area contributed by atoms with Crippen LogP contribution in [-0.2, 0) is 9.59 Å². The third-order valence-electron chi connectivity index (χ3n) is 5.30. The Morgan fingerprint density at radius 1 is 1.17 bits per heavy atom. The minimum absolute atomic E-state index is 0.0779. The molecule has 2 aromatic carbocycles. The van der Waals surface area contributed by atoms with Gasteiger partial charge in [-0.3, -0.25) is 9.59 Å². The number of amides is 2. The van der Waals surface area contributed by atoms with Crippen LogP contribution < -0.4 is 14.4 Å². The van der Waals surface area contributed by atoms with Gasteiger partial charge in [-0.25, -0.2) is 4.39 Å². The molecule has 0 radical (unpaired) electrons. The average molecular weight is 398 g/mol. The van der Waals surface area contributed by atoms with E-state index in [1.165, 1.54) is 11.0 Å². The predicted molar refractivity (Wildman–Crippen MR) is 105 cm³/mol. The number of likely N-dealkylation sites (N-methyl/N-ethyl adjacent to an activating group) is 1. The smallest absolute Gasteiger partial charge is 0.228 e. The molecule has 0 spiro atoms. The van der Waals surface area contributed by atoms with E-state index >= 15 is 0 Å². The number of ether oxygens (including phenoxy) is 2. The van der Waals surface area contributed by atoms with Crippen molar-refractivity contribution < 1.29 is 23.5 Å². The molecule has 1 saturated heterocycles. The molecule has 0 aromatic heterocycles. The third kappa shape index (κ3) is 3.90. The topological polar surface area (TPSA) is 59.1 Å². The first-order chi connectivity index (χ1) is 14.1. The molecule has 0 bridgehead atoms. The molecule has 0 aliphatic carbocycles. The summed E-state index contributed by atoms with van der Waals surface area (Å²) in [6, 6.07) is 13.5. The number of hydrogen-bond acceptors (Lipinski definition) is 4. The van der Waals surface area contributed by atoms with Crippen LogP contribution in [0.15, 0.2) is 48.5 Å². The summed E-state index contributed by atoms with van der Waals surface area (Å²) in [4.78, 5) is 28.5. The Morgan fingerprint density at radius 2 is 1.90 bits per heavy atom. The third-order valence-corrected chi connectivity index (χ3v) is 5.30. The highest BCUT2D eigenvalue weighted by molar-refractivity contribution is 6.00. The normalized spacial score (nSPS) is 20.6. The Hall–Kier alpha value is -3.09. The zero-order valence-electron chi connectivity index (χ0n) is 16.2. The summed E-state index contributed by atoms with van der Waals surface area (Å²) in [7, 11) is 0. The maximum atomic E-state index is 14.1. The molecule has 2 unspecified atom stereocenters. The number of hydrogen-bond donors (Lipinski definition) is 0. The van der Waals surface area contributed by atoms with Crippen LogP contribution in [0.4, 0.5) is 10.1 Å². The number of halogens is 1. The summed E-state index contributed by atoms with van der Waals surface area (Å²) in [6.45, 7) is 3.28. The molecule has 152 valence electrons. The van der Waals surface area contributed by atoms with E-state index in [1.54, 1.807) is 23.1 Å². The van der Waals surface area contributed by atoms with Gasteiger partial charge in [0, 0.05) is 19.5 Å². The fraction of sp³-hybridized carbons (Fsp3) is 0.364. The first-order valence-corrected chi connectivity index (χ1v) is 9.79. The second-order valence-electron chi connectivity index (χ2n) is 7.23. The van der Waals surface area contributed by atoms with E-state index in [1.807, 2.05) is 31.2 Å². The van der Waals surface area contributed by atoms with Gasteiger partial charge in [0.2, 0.25) is 11.8 Å². The first kappa shape index (κ1) is 19.2. The van der Waals surface area contributed by atoms with Gasteiger partial charge in [0.05, 0.1) is 18.2 Å². The van der Waals surface area contributed by atoms with Gasteiger partial charge in [0.15, 0.2) is 17.6 Å². The lowest BCUT2D eigenvalue weighted by atomic mass is 10.1. The molecule has 6 nitrogen and oxygen atoms in total. The van der Waals surface area contributed by atoms with Gasteiger partial charge in [-0.15, -0.1) is 0 Å². The van der Waals surface area contributed by atoms with Crippen molar-refractivity contribution in [3.8, 4) is 11.5 Å². The summed E-state index contributed by atoms with van der Waals surface area (Å²) >= 11 is 0. The summed E-state index contributed by atoms with van der Waals surface area (Å²) in [5.74, 6) is 0.0264. The van der Waals surface area contributed by atoms with Gasteiger partial charge in [-0.1, -0.05) is 24.3 Å². The Labute approximate surface area is 168 Å². The lowest BCUT2D eigenvalue weighted by molar-refractivity contribution is -0.137. The van der Waals surface area contributed by atoms with E-state index in [0.717, 1.165) is 0 Å². The van der Waals surface area contributed by atoms with Crippen LogP contribution in [0.25, 0.3) is 0 Å². The maximum Gasteiger partial charge on any atom is 0.228 e. The number of carbonyl (C=O) groups is 2. The number of para-hydroxylation sites is 3. The Bertz CT molecular complexity index is 919. The molecule has 4 rings (SSSR count). The number of anilines is 1. The van der Waals surface area contributed by atoms with E-state index in [9.17, 15) is 14.0 Å². The van der Waals surface area contributed by atoms with Gasteiger partial charge in [-0.2, -0.15) is 0 Å². The van der Waals surface area contributed by atoms with Crippen LogP contribution >= 0.6 is 0 Å². The number of rotatable bonds is 5. The standard InChI is InChI=1S/C22H23FN2O4/c1-2-24(13-16-14-28-19-9-5-6-10-20(19)29-16)22(27)15-11-21(26)25(12-15)18-8-4-3-7-17(18)23/h3-10,15-16H,2,11-14H2,1H3. The molecule has 2 amide bonds. The lowest BCUT2D eigenvalue weighted by Crippen LogP contribution is -2.46. The molecule has 0 N–H and O–H groups in total. The quantitative estimate of drug-likeness (QED) is 0.777. The van der Waals surface area contributed by atoms with Crippen LogP contribution in [0.1, 0.15) is 13.3 Å². The molecule has 2 atom stereocenters. The van der Waals surface area contributed by atoms with Crippen LogP contribution in [0.2, 0.25) is 0 Å². The molecule has 2 aliphatic rings. The Balaban J connectivity index is 1.42. The summed E-state index contributed by atoms with van der Waals surface area (Å²) in [5.41, 5.74) is 0.219. The van der Waals surface area contributed by atoms with E-state index in [2.05, 4.69) is 0 Å². The van der Waals surface area contributed by atoms with E-state index in [4.69, 9.17) is 9.47 Å².